The maximum atomic E-state index is 11.5. The van der Waals surface area contributed by atoms with E-state index < -0.39 is 12.9 Å². The number of thioether (sulfide) groups is 2. The molecule has 0 N–H and O–H groups in total. The summed E-state index contributed by atoms with van der Waals surface area (Å²) in [5.41, 5.74) is 2.91. The van der Waals surface area contributed by atoms with Gasteiger partial charge in [0.15, 0.2) is 0 Å². The molecule has 2 aliphatic rings. The van der Waals surface area contributed by atoms with Crippen molar-refractivity contribution in [2.75, 3.05) is 49.4 Å². The molecule has 16 heteroatoms. The number of hydrogen-bond acceptors (Lipinski definition) is 8. The lowest BCUT2D eigenvalue weighted by molar-refractivity contribution is -0.139. The van der Waals surface area contributed by atoms with Crippen LogP contribution in [-0.2, 0) is 28.5 Å². The second-order valence-electron chi connectivity index (χ2n) is 11.7. The zero-order chi connectivity index (χ0) is 35.8. The molecule has 0 heterocycles. The van der Waals surface area contributed by atoms with E-state index in [0.717, 1.165) is 11.5 Å². The van der Waals surface area contributed by atoms with Crippen molar-refractivity contribution in [3.8, 4) is 0 Å². The van der Waals surface area contributed by atoms with Crippen LogP contribution in [0.5, 0.6) is 0 Å². The second kappa shape index (κ2) is 19.6. The maximum Gasteiger partial charge on any atom is 0.333 e. The maximum absolute atomic E-state index is 11.5. The van der Waals surface area contributed by atoms with Gasteiger partial charge in [-0.15, -0.1) is 0 Å². The summed E-state index contributed by atoms with van der Waals surface area (Å²) in [6.45, 7) is 16.7. The molecule has 0 spiro atoms. The molecule has 2 rings (SSSR count). The number of allylic oxidation sites excluding steroid dienone is 2. The second-order valence-corrected chi connectivity index (χ2v) is 29.4. The molecule has 0 bridgehead atoms. The first kappa shape index (κ1) is 45.5. The van der Waals surface area contributed by atoms with Crippen LogP contribution in [0, 0.1) is 5.41 Å². The minimum Gasteiger partial charge on any atom is -0.461 e. The lowest BCUT2D eigenvalue weighted by Crippen LogP contribution is -2.51. The van der Waals surface area contributed by atoms with Crippen molar-refractivity contribution in [2.24, 2.45) is 5.41 Å². The number of hydrogen-bond donors (Lipinski definition) is 0. The summed E-state index contributed by atoms with van der Waals surface area (Å²) < 4.78 is 20.7. The highest BCUT2D eigenvalue weighted by atomic mass is 79.9. The number of alkyl halides is 8. The number of halogens is 8. The van der Waals surface area contributed by atoms with Crippen LogP contribution >= 0.6 is 151 Å². The third kappa shape index (κ3) is 13.9. The highest BCUT2D eigenvalue weighted by molar-refractivity contribution is 9.27. The van der Waals surface area contributed by atoms with E-state index >= 15 is 0 Å². The Morgan fingerprint density at radius 2 is 1.02 bits per heavy atom. The van der Waals surface area contributed by atoms with Gasteiger partial charge < -0.3 is 18.9 Å². The Kier molecular flexibility index (Phi) is 19.0. The summed E-state index contributed by atoms with van der Waals surface area (Å²) >= 11 is 34.7. The van der Waals surface area contributed by atoms with Crippen LogP contribution in [0.4, 0.5) is 0 Å². The van der Waals surface area contributed by atoms with Gasteiger partial charge in [0.05, 0.1) is 13.2 Å². The lowest BCUT2D eigenvalue weighted by Gasteiger charge is -2.49. The van der Waals surface area contributed by atoms with Gasteiger partial charge in [0, 0.05) is 39.6 Å². The Hall–Kier alpha value is 2.36. The fraction of sp³-hybridized carbons (Fsp3) is 0.677. The first-order chi connectivity index (χ1) is 21.5. The van der Waals surface area contributed by atoms with Crippen molar-refractivity contribution in [3.63, 3.8) is 0 Å². The molecule has 0 aromatic rings. The van der Waals surface area contributed by atoms with Gasteiger partial charge in [0.2, 0.25) is 0 Å². The van der Waals surface area contributed by atoms with Gasteiger partial charge in [-0.2, -0.15) is 23.5 Å². The van der Waals surface area contributed by atoms with Crippen LogP contribution in [0.1, 0.15) is 40.5 Å². The first-order valence-corrected chi connectivity index (χ1v) is 23.2. The molecule has 0 fully saturated rings. The van der Waals surface area contributed by atoms with Gasteiger partial charge in [-0.1, -0.05) is 178 Å². The van der Waals surface area contributed by atoms with E-state index in [0.29, 0.717) is 61.9 Å². The van der Waals surface area contributed by atoms with Crippen LogP contribution < -0.4 is 0 Å². The topological polar surface area (TPSA) is 71.1 Å². The van der Waals surface area contributed by atoms with E-state index in [1.54, 1.807) is 37.4 Å². The number of carbonyl (C=O) groups is 2. The third-order valence-corrected chi connectivity index (χ3v) is 14.5. The van der Waals surface area contributed by atoms with Gasteiger partial charge in [-0.25, -0.2) is 9.59 Å². The smallest absolute Gasteiger partial charge is 0.333 e. The van der Waals surface area contributed by atoms with E-state index in [9.17, 15) is 9.59 Å². The molecule has 2 atom stereocenters. The highest BCUT2D eigenvalue weighted by Gasteiger charge is 2.55. The molecule has 268 valence electrons. The molecule has 0 aliphatic heterocycles. The van der Waals surface area contributed by atoms with Crippen LogP contribution in [0.25, 0.3) is 0 Å². The summed E-state index contributed by atoms with van der Waals surface area (Å²) in [5, 5.41) is 0. The Labute approximate surface area is 355 Å². The normalized spacial score (nSPS) is 22.9. The Morgan fingerprint density at radius 1 is 0.702 bits per heavy atom. The van der Waals surface area contributed by atoms with Crippen molar-refractivity contribution < 1.29 is 28.5 Å². The van der Waals surface area contributed by atoms with Crippen molar-refractivity contribution in [1.29, 1.82) is 0 Å². The Balaban J connectivity index is 2.04. The third-order valence-electron chi connectivity index (χ3n) is 7.30. The average Bonchev–Trinajstić information content (AvgIpc) is 2.92. The summed E-state index contributed by atoms with van der Waals surface area (Å²) in [6.07, 6.45) is 5.26. The number of rotatable bonds is 18. The van der Waals surface area contributed by atoms with E-state index in [4.69, 9.17) is 18.9 Å². The minimum absolute atomic E-state index is 0.275. The van der Waals surface area contributed by atoms with Crippen molar-refractivity contribution in [2.45, 2.75) is 65.7 Å². The molecule has 0 radical (unpaired) electrons. The number of esters is 2. The molecule has 0 aromatic heterocycles. The Bertz CT molecular complexity index is 1130. The monoisotopic (exact) mass is 1200 g/mol. The quantitative estimate of drug-likeness (QED) is 0.0442. The predicted octanol–water partition coefficient (Wildman–Crippen LogP) is 11.1. The van der Waals surface area contributed by atoms with Crippen molar-refractivity contribution >= 4 is 163 Å². The minimum atomic E-state index is -0.638. The van der Waals surface area contributed by atoms with E-state index in [1.807, 2.05) is 0 Å². The zero-order valence-corrected chi connectivity index (χ0v) is 40.9. The summed E-state index contributed by atoms with van der Waals surface area (Å²) in [4.78, 5) is 23.1. The lowest BCUT2D eigenvalue weighted by atomic mass is 9.69. The van der Waals surface area contributed by atoms with Gasteiger partial charge in [-0.3, -0.25) is 0 Å². The fourth-order valence-electron chi connectivity index (χ4n) is 4.74. The highest BCUT2D eigenvalue weighted by Crippen LogP contribution is 2.60. The summed E-state index contributed by atoms with van der Waals surface area (Å²) in [7, 11) is 0. The first-order valence-electron chi connectivity index (χ1n) is 14.5. The van der Waals surface area contributed by atoms with Crippen molar-refractivity contribution in [3.05, 3.63) is 47.6 Å². The van der Waals surface area contributed by atoms with Gasteiger partial charge in [0.25, 0.3) is 0 Å². The molecule has 0 saturated carbocycles. The number of carbonyl (C=O) groups excluding carboxylic acids is 2. The van der Waals surface area contributed by atoms with Crippen LogP contribution in [0.2, 0.25) is 0 Å². The zero-order valence-electron chi connectivity index (χ0n) is 26.6. The van der Waals surface area contributed by atoms with Crippen LogP contribution in [-0.4, -0.2) is 86.5 Å². The molecule has 2 aliphatic carbocycles. The standard InChI is InChI=1S/C31H40Br8O6S2/c1-19(2)23(40)42-7-11-46-13-9-44-25-28(32,33)15-21(16-29(25,34)35)27(5,6)22-17-30(36,37)26(31(38,39)18-22)45-10-14-47-12-8-43-24(41)20(3)4/h15,17,25-26H,1,3,7-14,16,18H2,2,4-6H3. The van der Waals surface area contributed by atoms with E-state index in [1.165, 1.54) is 11.1 Å². The van der Waals surface area contributed by atoms with Crippen LogP contribution in [0.3, 0.4) is 0 Å². The van der Waals surface area contributed by atoms with Gasteiger partial charge in [-0.05, 0) is 26.7 Å². The molecule has 6 nitrogen and oxygen atoms in total. The van der Waals surface area contributed by atoms with Gasteiger partial charge >= 0.3 is 11.9 Å². The summed E-state index contributed by atoms with van der Waals surface area (Å²) in [6, 6.07) is 0. The summed E-state index contributed by atoms with van der Waals surface area (Å²) in [5.74, 6) is 2.16. The van der Waals surface area contributed by atoms with Crippen molar-refractivity contribution in [1.82, 2.24) is 0 Å². The number of ether oxygens (including phenoxy) is 4. The van der Waals surface area contributed by atoms with E-state index in [2.05, 4.69) is 167 Å². The molecule has 0 aromatic carbocycles. The fourth-order valence-corrected chi connectivity index (χ4v) is 14.8. The molecular weight excluding hydrogens is 1170 g/mol. The molecule has 0 amide bonds. The van der Waals surface area contributed by atoms with E-state index in [-0.39, 0.29) is 29.6 Å². The molecular formula is C31H40Br8O6S2. The molecule has 0 saturated heterocycles. The predicted molar refractivity (Wildman–Crippen MR) is 227 cm³/mol. The SMILES string of the molecule is C=C(C)C(=O)OCCSCCOC1C(Br)(Br)C=C(C(C)(C)C2=CC(Br)(Br)C(OCCSCCOC(=O)C(=C)C)C(Br)(Br)C2)CC1(Br)Br. The molecule has 2 unspecified atom stereocenters. The Morgan fingerprint density at radius 3 is 1.32 bits per heavy atom. The average molecular weight is 1210 g/mol. The van der Waals surface area contributed by atoms with Gasteiger partial charge in [0.1, 0.15) is 38.4 Å². The van der Waals surface area contributed by atoms with Crippen LogP contribution in [0.15, 0.2) is 47.6 Å². The molecule has 47 heavy (non-hydrogen) atoms. The largest absolute Gasteiger partial charge is 0.461 e.